The predicted octanol–water partition coefficient (Wildman–Crippen LogP) is 2.18. The van der Waals surface area contributed by atoms with Gasteiger partial charge < -0.3 is 10.1 Å². The highest BCUT2D eigenvalue weighted by Crippen LogP contribution is 2.14. The number of carbonyl (C=O) groups is 1. The van der Waals surface area contributed by atoms with E-state index in [1.54, 1.807) is 0 Å². The lowest BCUT2D eigenvalue weighted by atomic mass is 10.0. The Bertz CT molecular complexity index is 268. The third kappa shape index (κ3) is 6.92. The molecule has 0 aliphatic carbocycles. The molecule has 1 aliphatic rings. The third-order valence-corrected chi connectivity index (χ3v) is 3.36. The summed E-state index contributed by atoms with van der Waals surface area (Å²) in [5.74, 6) is -0.0810. The van der Waals surface area contributed by atoms with Gasteiger partial charge in [0.25, 0.3) is 0 Å². The van der Waals surface area contributed by atoms with Crippen LogP contribution in [0.15, 0.2) is 0 Å². The standard InChI is InChI=1S/C15H30N2O2/c1-5-11-17(13-6-9-16-10-7-13)12-8-14(18)19-15(2,3)4/h13,16H,5-12H2,1-4H3. The van der Waals surface area contributed by atoms with Gasteiger partial charge in [-0.2, -0.15) is 0 Å². The number of hydrogen-bond acceptors (Lipinski definition) is 4. The molecule has 1 saturated heterocycles. The lowest BCUT2D eigenvalue weighted by molar-refractivity contribution is -0.155. The van der Waals surface area contributed by atoms with Crippen LogP contribution in [-0.2, 0) is 9.53 Å². The molecule has 0 amide bonds. The van der Waals surface area contributed by atoms with Crippen LogP contribution in [0.5, 0.6) is 0 Å². The quantitative estimate of drug-likeness (QED) is 0.751. The van der Waals surface area contributed by atoms with Gasteiger partial charge in [0.1, 0.15) is 5.60 Å². The number of nitrogens with one attached hydrogen (secondary N) is 1. The van der Waals surface area contributed by atoms with Crippen LogP contribution < -0.4 is 5.32 Å². The summed E-state index contributed by atoms with van der Waals surface area (Å²) >= 11 is 0. The molecule has 1 rings (SSSR count). The van der Waals surface area contributed by atoms with E-state index >= 15 is 0 Å². The molecular weight excluding hydrogens is 240 g/mol. The highest BCUT2D eigenvalue weighted by Gasteiger charge is 2.22. The topological polar surface area (TPSA) is 41.6 Å². The van der Waals surface area contributed by atoms with Crippen molar-refractivity contribution in [2.45, 2.75) is 65.0 Å². The van der Waals surface area contributed by atoms with Crippen LogP contribution in [0, 0.1) is 0 Å². The minimum absolute atomic E-state index is 0.0810. The smallest absolute Gasteiger partial charge is 0.307 e. The van der Waals surface area contributed by atoms with E-state index in [-0.39, 0.29) is 11.6 Å². The first-order valence-corrected chi connectivity index (χ1v) is 7.59. The molecule has 112 valence electrons. The van der Waals surface area contributed by atoms with Crippen molar-refractivity contribution in [2.75, 3.05) is 26.2 Å². The lowest BCUT2D eigenvalue weighted by Gasteiger charge is -2.34. The fourth-order valence-electron chi connectivity index (χ4n) is 2.56. The van der Waals surface area contributed by atoms with E-state index in [9.17, 15) is 4.79 Å². The molecular formula is C15H30N2O2. The molecule has 0 bridgehead atoms. The van der Waals surface area contributed by atoms with Crippen molar-refractivity contribution in [3.63, 3.8) is 0 Å². The summed E-state index contributed by atoms with van der Waals surface area (Å²) in [5.41, 5.74) is -0.374. The van der Waals surface area contributed by atoms with Gasteiger partial charge in [-0.15, -0.1) is 0 Å². The van der Waals surface area contributed by atoms with Gasteiger partial charge >= 0.3 is 5.97 Å². The number of esters is 1. The summed E-state index contributed by atoms with van der Waals surface area (Å²) in [6, 6.07) is 0.628. The zero-order valence-corrected chi connectivity index (χ0v) is 13.0. The summed E-state index contributed by atoms with van der Waals surface area (Å²) in [6.07, 6.45) is 4.02. The van der Waals surface area contributed by atoms with Gasteiger partial charge in [0.15, 0.2) is 0 Å². The fraction of sp³-hybridized carbons (Fsp3) is 0.933. The number of rotatable bonds is 6. The van der Waals surface area contributed by atoms with Gasteiger partial charge in [-0.25, -0.2) is 0 Å². The first-order chi connectivity index (χ1) is 8.92. The van der Waals surface area contributed by atoms with Crippen LogP contribution in [0.25, 0.3) is 0 Å². The second kappa shape index (κ2) is 7.85. The maximum Gasteiger partial charge on any atom is 0.307 e. The molecule has 0 aromatic heterocycles. The summed E-state index contributed by atoms with van der Waals surface area (Å²) in [6.45, 7) is 12.0. The summed E-state index contributed by atoms with van der Waals surface area (Å²) < 4.78 is 5.38. The van der Waals surface area contributed by atoms with E-state index in [1.165, 1.54) is 12.8 Å². The Morgan fingerprint density at radius 2 is 1.89 bits per heavy atom. The third-order valence-electron chi connectivity index (χ3n) is 3.36. The Hall–Kier alpha value is -0.610. The zero-order valence-electron chi connectivity index (χ0n) is 13.0. The van der Waals surface area contributed by atoms with Crippen molar-refractivity contribution in [3.05, 3.63) is 0 Å². The van der Waals surface area contributed by atoms with Gasteiger partial charge in [0, 0.05) is 12.6 Å². The highest BCUT2D eigenvalue weighted by atomic mass is 16.6. The first-order valence-electron chi connectivity index (χ1n) is 7.59. The molecule has 0 spiro atoms. The second-order valence-corrected chi connectivity index (χ2v) is 6.35. The van der Waals surface area contributed by atoms with Crippen molar-refractivity contribution in [2.24, 2.45) is 0 Å². The molecule has 0 radical (unpaired) electrons. The number of carbonyl (C=O) groups excluding carboxylic acids is 1. The highest BCUT2D eigenvalue weighted by molar-refractivity contribution is 5.70. The molecule has 1 aliphatic heterocycles. The van der Waals surface area contributed by atoms with E-state index in [0.29, 0.717) is 12.5 Å². The molecule has 1 heterocycles. The minimum atomic E-state index is -0.374. The molecule has 0 aromatic rings. The van der Waals surface area contributed by atoms with Crippen LogP contribution in [0.3, 0.4) is 0 Å². The molecule has 19 heavy (non-hydrogen) atoms. The average Bonchev–Trinajstić information content (AvgIpc) is 2.33. The van der Waals surface area contributed by atoms with E-state index in [1.807, 2.05) is 20.8 Å². The number of piperidine rings is 1. The molecule has 0 aromatic carbocycles. The maximum absolute atomic E-state index is 11.8. The van der Waals surface area contributed by atoms with E-state index < -0.39 is 0 Å². The van der Waals surface area contributed by atoms with Crippen molar-refractivity contribution in [1.82, 2.24) is 10.2 Å². The molecule has 1 fully saturated rings. The largest absolute Gasteiger partial charge is 0.460 e. The zero-order chi connectivity index (χ0) is 14.3. The summed E-state index contributed by atoms with van der Waals surface area (Å²) in [5, 5.41) is 3.39. The minimum Gasteiger partial charge on any atom is -0.460 e. The average molecular weight is 270 g/mol. The van der Waals surface area contributed by atoms with Crippen LogP contribution in [-0.4, -0.2) is 48.7 Å². The van der Waals surface area contributed by atoms with Crippen molar-refractivity contribution in [1.29, 1.82) is 0 Å². The normalized spacial score (nSPS) is 17.7. The molecule has 0 atom stereocenters. The molecule has 1 N–H and O–H groups in total. The van der Waals surface area contributed by atoms with Gasteiger partial charge in [-0.1, -0.05) is 6.92 Å². The van der Waals surface area contributed by atoms with Crippen LogP contribution in [0.2, 0.25) is 0 Å². The van der Waals surface area contributed by atoms with Crippen molar-refractivity contribution < 1.29 is 9.53 Å². The number of ether oxygens (including phenoxy) is 1. The Kier molecular flexibility index (Phi) is 6.80. The first kappa shape index (κ1) is 16.4. The Labute approximate surface area is 117 Å². The van der Waals surface area contributed by atoms with Crippen molar-refractivity contribution >= 4 is 5.97 Å². The Morgan fingerprint density at radius 3 is 2.42 bits per heavy atom. The summed E-state index contributed by atoms with van der Waals surface area (Å²) in [4.78, 5) is 14.3. The Balaban J connectivity index is 2.38. The van der Waals surface area contributed by atoms with E-state index in [4.69, 9.17) is 4.74 Å². The van der Waals surface area contributed by atoms with Crippen molar-refractivity contribution in [3.8, 4) is 0 Å². The van der Waals surface area contributed by atoms with Crippen LogP contribution in [0.1, 0.15) is 53.4 Å². The lowest BCUT2D eigenvalue weighted by Crippen LogP contribution is -2.44. The Morgan fingerprint density at radius 1 is 1.26 bits per heavy atom. The monoisotopic (exact) mass is 270 g/mol. The summed E-state index contributed by atoms with van der Waals surface area (Å²) in [7, 11) is 0. The fourth-order valence-corrected chi connectivity index (χ4v) is 2.56. The van der Waals surface area contributed by atoms with Gasteiger partial charge in [0.2, 0.25) is 0 Å². The second-order valence-electron chi connectivity index (χ2n) is 6.35. The number of hydrogen-bond donors (Lipinski definition) is 1. The van der Waals surface area contributed by atoms with Crippen LogP contribution in [0.4, 0.5) is 0 Å². The maximum atomic E-state index is 11.8. The molecule has 0 saturated carbocycles. The molecule has 4 heteroatoms. The van der Waals surface area contributed by atoms with E-state index in [2.05, 4.69) is 17.1 Å². The van der Waals surface area contributed by atoms with E-state index in [0.717, 1.165) is 32.6 Å². The molecule has 0 unspecified atom stereocenters. The predicted molar refractivity (Wildman–Crippen MR) is 78.2 cm³/mol. The number of nitrogens with zero attached hydrogens (tertiary/aromatic N) is 1. The van der Waals surface area contributed by atoms with Crippen LogP contribution >= 0.6 is 0 Å². The van der Waals surface area contributed by atoms with Gasteiger partial charge in [-0.3, -0.25) is 9.69 Å². The molecule has 4 nitrogen and oxygen atoms in total. The van der Waals surface area contributed by atoms with Gasteiger partial charge in [-0.05, 0) is 59.7 Å². The SMILES string of the molecule is CCCN(CCC(=O)OC(C)(C)C)C1CCNCC1. The van der Waals surface area contributed by atoms with Gasteiger partial charge in [0.05, 0.1) is 6.42 Å².